The highest BCUT2D eigenvalue weighted by Gasteiger charge is 2.19. The van der Waals surface area contributed by atoms with E-state index in [4.69, 9.17) is 0 Å². The first kappa shape index (κ1) is 14.1. The molecule has 0 saturated carbocycles. The fraction of sp³-hybridized carbons (Fsp3) is 0.235. The number of benzene rings is 2. The Morgan fingerprint density at radius 3 is 2.40 bits per heavy atom. The average molecular weight is 269 g/mol. The van der Waals surface area contributed by atoms with E-state index in [9.17, 15) is 9.90 Å². The van der Waals surface area contributed by atoms with Crippen LogP contribution in [-0.4, -0.2) is 18.1 Å². The first-order valence-corrected chi connectivity index (χ1v) is 6.55. The third-order valence-electron chi connectivity index (χ3n) is 3.49. The Labute approximate surface area is 119 Å². The fourth-order valence-electron chi connectivity index (χ4n) is 2.30. The van der Waals surface area contributed by atoms with Crippen LogP contribution in [0, 0.1) is 20.8 Å². The van der Waals surface area contributed by atoms with Gasteiger partial charge in [-0.1, -0.05) is 29.8 Å². The van der Waals surface area contributed by atoms with Crippen molar-refractivity contribution in [3.63, 3.8) is 0 Å². The van der Waals surface area contributed by atoms with Crippen molar-refractivity contribution < 1.29 is 9.90 Å². The van der Waals surface area contributed by atoms with Crippen LogP contribution in [0.5, 0.6) is 5.75 Å². The number of phenolic OH excluding ortho intramolecular Hbond substituents is 1. The highest BCUT2D eigenvalue weighted by atomic mass is 16.3. The molecule has 104 valence electrons. The van der Waals surface area contributed by atoms with Crippen LogP contribution in [-0.2, 0) is 0 Å². The number of carbonyl (C=O) groups excluding carboxylic acids is 1. The standard InChI is InChI=1S/C17H19NO2/c1-11-8-9-15(13(3)10-11)18(4)17(20)14-7-5-6-12(2)16(14)19/h5-10,19H,1-4H3. The molecule has 3 nitrogen and oxygen atoms in total. The summed E-state index contributed by atoms with van der Waals surface area (Å²) in [7, 11) is 1.72. The molecule has 0 aliphatic rings. The van der Waals surface area contributed by atoms with Gasteiger partial charge in [0.2, 0.25) is 0 Å². The molecule has 0 atom stereocenters. The lowest BCUT2D eigenvalue weighted by atomic mass is 10.1. The van der Waals surface area contributed by atoms with Crippen LogP contribution in [0.15, 0.2) is 36.4 Å². The molecular weight excluding hydrogens is 250 g/mol. The lowest BCUT2D eigenvalue weighted by Crippen LogP contribution is -2.27. The summed E-state index contributed by atoms with van der Waals surface area (Å²) in [5.41, 5.74) is 4.07. The van der Waals surface area contributed by atoms with E-state index >= 15 is 0 Å². The van der Waals surface area contributed by atoms with E-state index < -0.39 is 0 Å². The highest BCUT2D eigenvalue weighted by molar-refractivity contribution is 6.08. The molecule has 0 fully saturated rings. The number of carbonyl (C=O) groups is 1. The van der Waals surface area contributed by atoms with Crippen molar-refractivity contribution in [3.05, 3.63) is 58.7 Å². The summed E-state index contributed by atoms with van der Waals surface area (Å²) in [4.78, 5) is 14.1. The lowest BCUT2D eigenvalue weighted by Gasteiger charge is -2.20. The first-order valence-electron chi connectivity index (χ1n) is 6.55. The number of phenols is 1. The molecule has 0 aliphatic heterocycles. The van der Waals surface area contributed by atoms with Gasteiger partial charge in [0.25, 0.3) is 5.91 Å². The molecule has 2 rings (SSSR count). The molecular formula is C17H19NO2. The average Bonchev–Trinajstić information content (AvgIpc) is 2.40. The molecule has 2 aromatic carbocycles. The van der Waals surface area contributed by atoms with E-state index in [2.05, 4.69) is 0 Å². The van der Waals surface area contributed by atoms with Gasteiger partial charge >= 0.3 is 0 Å². The van der Waals surface area contributed by atoms with Crippen molar-refractivity contribution >= 4 is 11.6 Å². The Balaban J connectivity index is 2.40. The number of amides is 1. The van der Waals surface area contributed by atoms with Gasteiger partial charge in [-0.2, -0.15) is 0 Å². The summed E-state index contributed by atoms with van der Waals surface area (Å²) in [6.45, 7) is 5.77. The molecule has 0 spiro atoms. The number of aromatic hydroxyl groups is 1. The van der Waals surface area contributed by atoms with Crippen molar-refractivity contribution in [1.29, 1.82) is 0 Å². The maximum Gasteiger partial charge on any atom is 0.261 e. The zero-order valence-corrected chi connectivity index (χ0v) is 12.3. The minimum atomic E-state index is -0.210. The zero-order chi connectivity index (χ0) is 14.9. The van der Waals surface area contributed by atoms with Gasteiger partial charge in [-0.05, 0) is 44.0 Å². The quantitative estimate of drug-likeness (QED) is 0.905. The maximum absolute atomic E-state index is 12.5. The number of anilines is 1. The number of rotatable bonds is 2. The summed E-state index contributed by atoms with van der Waals surface area (Å²) in [5, 5.41) is 10.0. The summed E-state index contributed by atoms with van der Waals surface area (Å²) < 4.78 is 0. The second-order valence-corrected chi connectivity index (χ2v) is 5.13. The molecule has 0 bridgehead atoms. The topological polar surface area (TPSA) is 40.5 Å². The van der Waals surface area contributed by atoms with Crippen LogP contribution in [0.2, 0.25) is 0 Å². The Bertz CT molecular complexity index is 662. The molecule has 0 aromatic heterocycles. The summed E-state index contributed by atoms with van der Waals surface area (Å²) in [6, 6.07) is 11.1. The van der Waals surface area contributed by atoms with Gasteiger partial charge in [0.05, 0.1) is 5.56 Å². The van der Waals surface area contributed by atoms with Gasteiger partial charge in [0, 0.05) is 12.7 Å². The van der Waals surface area contributed by atoms with E-state index in [1.54, 1.807) is 37.1 Å². The fourth-order valence-corrected chi connectivity index (χ4v) is 2.30. The number of hydrogen-bond donors (Lipinski definition) is 1. The third kappa shape index (κ3) is 2.52. The van der Waals surface area contributed by atoms with Gasteiger partial charge in [0.15, 0.2) is 0 Å². The van der Waals surface area contributed by atoms with Gasteiger partial charge < -0.3 is 10.0 Å². The van der Waals surface area contributed by atoms with Crippen LogP contribution >= 0.6 is 0 Å². The van der Waals surface area contributed by atoms with Crippen molar-refractivity contribution in [2.45, 2.75) is 20.8 Å². The van der Waals surface area contributed by atoms with E-state index in [0.717, 1.165) is 16.8 Å². The second-order valence-electron chi connectivity index (χ2n) is 5.13. The van der Waals surface area contributed by atoms with Gasteiger partial charge in [-0.3, -0.25) is 4.79 Å². The first-order chi connectivity index (χ1) is 9.41. The summed E-state index contributed by atoms with van der Waals surface area (Å²) in [6.07, 6.45) is 0. The zero-order valence-electron chi connectivity index (χ0n) is 12.3. The summed E-state index contributed by atoms with van der Waals surface area (Å²) >= 11 is 0. The predicted molar refractivity (Wildman–Crippen MR) is 81.5 cm³/mol. The Hall–Kier alpha value is -2.29. The minimum Gasteiger partial charge on any atom is -0.507 e. The Morgan fingerprint density at radius 2 is 1.75 bits per heavy atom. The van der Waals surface area contributed by atoms with Crippen LogP contribution in [0.1, 0.15) is 27.0 Å². The molecule has 0 unspecified atom stereocenters. The molecule has 0 heterocycles. The molecule has 1 amide bonds. The minimum absolute atomic E-state index is 0.0501. The van der Waals surface area contributed by atoms with E-state index in [-0.39, 0.29) is 11.7 Å². The largest absolute Gasteiger partial charge is 0.507 e. The smallest absolute Gasteiger partial charge is 0.261 e. The SMILES string of the molecule is Cc1ccc(N(C)C(=O)c2cccc(C)c2O)c(C)c1. The van der Waals surface area contributed by atoms with Crippen LogP contribution in [0.25, 0.3) is 0 Å². The molecule has 0 radical (unpaired) electrons. The van der Waals surface area contributed by atoms with Crippen LogP contribution in [0.3, 0.4) is 0 Å². The summed E-state index contributed by atoms with van der Waals surface area (Å²) in [5.74, 6) is -0.160. The van der Waals surface area contributed by atoms with Gasteiger partial charge in [-0.25, -0.2) is 0 Å². The van der Waals surface area contributed by atoms with Crippen LogP contribution < -0.4 is 4.90 Å². The Morgan fingerprint density at radius 1 is 1.05 bits per heavy atom. The predicted octanol–water partition coefficient (Wildman–Crippen LogP) is 3.59. The van der Waals surface area contributed by atoms with Crippen molar-refractivity contribution in [3.8, 4) is 5.75 Å². The number of aryl methyl sites for hydroxylation is 3. The number of hydrogen-bond acceptors (Lipinski definition) is 2. The van der Waals surface area contributed by atoms with E-state index in [1.807, 2.05) is 32.0 Å². The van der Waals surface area contributed by atoms with E-state index in [0.29, 0.717) is 11.1 Å². The molecule has 3 heteroatoms. The highest BCUT2D eigenvalue weighted by Crippen LogP contribution is 2.26. The monoisotopic (exact) mass is 269 g/mol. The number of para-hydroxylation sites is 1. The molecule has 2 aromatic rings. The second kappa shape index (κ2) is 5.37. The molecule has 0 aliphatic carbocycles. The van der Waals surface area contributed by atoms with Crippen molar-refractivity contribution in [2.75, 3.05) is 11.9 Å². The third-order valence-corrected chi connectivity index (χ3v) is 3.49. The molecule has 20 heavy (non-hydrogen) atoms. The normalized spacial score (nSPS) is 10.4. The maximum atomic E-state index is 12.5. The van der Waals surface area contributed by atoms with Crippen molar-refractivity contribution in [2.24, 2.45) is 0 Å². The lowest BCUT2D eigenvalue weighted by molar-refractivity contribution is 0.0990. The molecule has 1 N–H and O–H groups in total. The van der Waals surface area contributed by atoms with Crippen LogP contribution in [0.4, 0.5) is 5.69 Å². The van der Waals surface area contributed by atoms with E-state index in [1.165, 1.54) is 0 Å². The van der Waals surface area contributed by atoms with Gasteiger partial charge in [0.1, 0.15) is 5.75 Å². The Kier molecular flexibility index (Phi) is 3.79. The van der Waals surface area contributed by atoms with Crippen molar-refractivity contribution in [1.82, 2.24) is 0 Å². The molecule has 0 saturated heterocycles. The van der Waals surface area contributed by atoms with Gasteiger partial charge in [-0.15, -0.1) is 0 Å². The number of nitrogens with zero attached hydrogens (tertiary/aromatic N) is 1.